The first kappa shape index (κ1) is 8.39. The Kier molecular flexibility index (Phi) is 4.00. The van der Waals surface area contributed by atoms with Gasteiger partial charge in [-0.2, -0.15) is 5.48 Å². The van der Waals surface area contributed by atoms with Crippen LogP contribution in [0.1, 0.15) is 13.8 Å². The van der Waals surface area contributed by atoms with E-state index in [0.717, 1.165) is 13.5 Å². The van der Waals surface area contributed by atoms with E-state index in [2.05, 4.69) is 10.3 Å². The van der Waals surface area contributed by atoms with Crippen molar-refractivity contribution in [2.75, 3.05) is 6.54 Å². The van der Waals surface area contributed by atoms with Gasteiger partial charge in [0.15, 0.2) is 0 Å². The average Bonchev–Trinajstić information content (AvgIpc) is 1.59. The lowest BCUT2D eigenvalue weighted by Crippen LogP contribution is -2.41. The van der Waals surface area contributed by atoms with Gasteiger partial charge in [0.1, 0.15) is 0 Å². The lowest BCUT2D eigenvalue weighted by Gasteiger charge is -2.21. The van der Waals surface area contributed by atoms with Crippen molar-refractivity contribution in [2.45, 2.75) is 20.0 Å². The lowest BCUT2D eigenvalue weighted by atomic mass is 10.4. The third-order valence-corrected chi connectivity index (χ3v) is 0.655. The van der Waals surface area contributed by atoms with Gasteiger partial charge in [-0.15, -0.1) is 0 Å². The number of hydrogen-bond acceptors (Lipinski definition) is 3. The SMILES string of the molecule is CC(=O)O.CC1CNO1. The monoisotopic (exact) mass is 133 g/mol. The van der Waals surface area contributed by atoms with Crippen molar-refractivity contribution in [1.82, 2.24) is 5.48 Å². The summed E-state index contributed by atoms with van der Waals surface area (Å²) in [6.07, 6.45) is 0.454. The summed E-state index contributed by atoms with van der Waals surface area (Å²) in [7, 11) is 0. The summed E-state index contributed by atoms with van der Waals surface area (Å²) in [5, 5.41) is 7.42. The third-order valence-electron chi connectivity index (χ3n) is 0.655. The number of hydroxylamine groups is 1. The van der Waals surface area contributed by atoms with Crippen LogP contribution in [0.15, 0.2) is 0 Å². The summed E-state index contributed by atoms with van der Waals surface area (Å²) in [5.41, 5.74) is 2.66. The number of hydrogen-bond donors (Lipinski definition) is 2. The van der Waals surface area contributed by atoms with E-state index >= 15 is 0 Å². The van der Waals surface area contributed by atoms with Gasteiger partial charge in [-0.25, -0.2) is 0 Å². The molecule has 1 saturated heterocycles. The Balaban J connectivity index is 0.000000148. The Hall–Kier alpha value is -0.610. The molecule has 4 heteroatoms. The molecule has 0 saturated carbocycles. The van der Waals surface area contributed by atoms with Gasteiger partial charge in [-0.3, -0.25) is 9.63 Å². The van der Waals surface area contributed by atoms with Crippen molar-refractivity contribution in [3.63, 3.8) is 0 Å². The molecule has 0 aliphatic carbocycles. The van der Waals surface area contributed by atoms with E-state index in [1.807, 2.05) is 6.92 Å². The number of carboxylic acid groups (broad SMARTS) is 1. The lowest BCUT2D eigenvalue weighted by molar-refractivity contribution is -0.134. The Labute approximate surface area is 53.8 Å². The van der Waals surface area contributed by atoms with Crippen molar-refractivity contribution in [2.24, 2.45) is 0 Å². The molecular formula is C5H11NO3. The quantitative estimate of drug-likeness (QED) is 0.488. The number of carboxylic acids is 1. The fourth-order valence-corrected chi connectivity index (χ4v) is 0.250. The van der Waals surface area contributed by atoms with Crippen LogP contribution in [0.5, 0.6) is 0 Å². The maximum Gasteiger partial charge on any atom is 0.300 e. The highest BCUT2D eigenvalue weighted by atomic mass is 16.7. The molecule has 9 heavy (non-hydrogen) atoms. The summed E-state index contributed by atoms with van der Waals surface area (Å²) < 4.78 is 0. The first-order valence-electron chi connectivity index (χ1n) is 2.71. The van der Waals surface area contributed by atoms with E-state index in [1.54, 1.807) is 0 Å². The molecule has 1 unspecified atom stereocenters. The van der Waals surface area contributed by atoms with Gasteiger partial charge >= 0.3 is 0 Å². The van der Waals surface area contributed by atoms with E-state index in [9.17, 15) is 0 Å². The second-order valence-electron chi connectivity index (χ2n) is 1.80. The van der Waals surface area contributed by atoms with Crippen LogP contribution in [0.2, 0.25) is 0 Å². The van der Waals surface area contributed by atoms with Gasteiger partial charge in [0.2, 0.25) is 0 Å². The van der Waals surface area contributed by atoms with Crippen LogP contribution in [0.4, 0.5) is 0 Å². The Bertz CT molecular complexity index is 86.2. The van der Waals surface area contributed by atoms with Crippen LogP contribution in [0.25, 0.3) is 0 Å². The summed E-state index contributed by atoms with van der Waals surface area (Å²) in [5.74, 6) is -0.833. The van der Waals surface area contributed by atoms with Crippen LogP contribution in [0.3, 0.4) is 0 Å². The summed E-state index contributed by atoms with van der Waals surface area (Å²) in [4.78, 5) is 13.7. The molecular weight excluding hydrogens is 122 g/mol. The van der Waals surface area contributed by atoms with Crippen LogP contribution in [-0.4, -0.2) is 23.7 Å². The Morgan fingerprint density at radius 3 is 2.11 bits per heavy atom. The Morgan fingerprint density at radius 1 is 1.89 bits per heavy atom. The van der Waals surface area contributed by atoms with Crippen LogP contribution in [-0.2, 0) is 9.63 Å². The highest BCUT2D eigenvalue weighted by Crippen LogP contribution is 1.92. The molecule has 1 fully saturated rings. The minimum absolute atomic E-state index is 0.454. The number of nitrogens with one attached hydrogen (secondary N) is 1. The van der Waals surface area contributed by atoms with Crippen molar-refractivity contribution in [3.05, 3.63) is 0 Å². The first-order valence-corrected chi connectivity index (χ1v) is 2.71. The van der Waals surface area contributed by atoms with Gasteiger partial charge in [0.25, 0.3) is 5.97 Å². The topological polar surface area (TPSA) is 58.6 Å². The standard InChI is InChI=1S/C3H7NO.C2H4O2/c1-3-2-4-5-3;1-2(3)4/h3-4H,2H2,1H3;1H3,(H,3,4). The highest BCUT2D eigenvalue weighted by Gasteiger charge is 2.08. The molecule has 1 rings (SSSR count). The molecule has 1 heterocycles. The molecule has 1 atom stereocenters. The van der Waals surface area contributed by atoms with E-state index in [0.29, 0.717) is 6.10 Å². The minimum atomic E-state index is -0.833. The van der Waals surface area contributed by atoms with Gasteiger partial charge in [-0.05, 0) is 6.92 Å². The van der Waals surface area contributed by atoms with Crippen molar-refractivity contribution >= 4 is 5.97 Å². The molecule has 0 aromatic heterocycles. The van der Waals surface area contributed by atoms with Crippen LogP contribution < -0.4 is 5.48 Å². The highest BCUT2D eigenvalue weighted by molar-refractivity contribution is 5.62. The summed E-state index contributed by atoms with van der Waals surface area (Å²) in [6, 6.07) is 0. The molecule has 0 radical (unpaired) electrons. The van der Waals surface area contributed by atoms with E-state index < -0.39 is 5.97 Å². The maximum atomic E-state index is 9.00. The van der Waals surface area contributed by atoms with Gasteiger partial charge in [0.05, 0.1) is 6.10 Å². The molecule has 0 aromatic carbocycles. The second-order valence-corrected chi connectivity index (χ2v) is 1.80. The average molecular weight is 133 g/mol. The Morgan fingerprint density at radius 2 is 2.11 bits per heavy atom. The summed E-state index contributed by atoms with van der Waals surface area (Å²) >= 11 is 0. The zero-order valence-corrected chi connectivity index (χ0v) is 5.55. The van der Waals surface area contributed by atoms with Crippen molar-refractivity contribution < 1.29 is 14.7 Å². The molecule has 4 nitrogen and oxygen atoms in total. The van der Waals surface area contributed by atoms with Gasteiger partial charge < -0.3 is 5.11 Å². The molecule has 54 valence electrons. The molecule has 2 N–H and O–H groups in total. The smallest absolute Gasteiger partial charge is 0.300 e. The second kappa shape index (κ2) is 4.29. The first-order chi connectivity index (χ1) is 4.13. The molecule has 0 aromatic rings. The van der Waals surface area contributed by atoms with Crippen LogP contribution in [0, 0.1) is 0 Å². The molecule has 0 amide bonds. The van der Waals surface area contributed by atoms with Gasteiger partial charge in [-0.1, -0.05) is 0 Å². The molecule has 1 aliphatic rings. The largest absolute Gasteiger partial charge is 0.481 e. The number of aliphatic carboxylic acids is 1. The molecule has 0 bridgehead atoms. The zero-order valence-electron chi connectivity index (χ0n) is 5.55. The number of carbonyl (C=O) groups is 1. The third kappa shape index (κ3) is 7.39. The van der Waals surface area contributed by atoms with Crippen molar-refractivity contribution in [1.29, 1.82) is 0 Å². The van der Waals surface area contributed by atoms with Crippen LogP contribution >= 0.6 is 0 Å². The number of rotatable bonds is 0. The zero-order chi connectivity index (χ0) is 7.28. The normalized spacial score (nSPS) is 23.1. The van der Waals surface area contributed by atoms with Crippen molar-refractivity contribution in [3.8, 4) is 0 Å². The predicted octanol–water partition coefficient (Wildman–Crippen LogP) is 0.000600. The fraction of sp³-hybridized carbons (Fsp3) is 0.800. The van der Waals surface area contributed by atoms with Gasteiger partial charge in [0, 0.05) is 13.5 Å². The minimum Gasteiger partial charge on any atom is -0.481 e. The molecule has 0 spiro atoms. The molecule has 1 aliphatic heterocycles. The summed E-state index contributed by atoms with van der Waals surface area (Å²) in [6.45, 7) is 4.12. The predicted molar refractivity (Wildman–Crippen MR) is 31.9 cm³/mol. The van der Waals surface area contributed by atoms with E-state index in [4.69, 9.17) is 9.90 Å². The fourth-order valence-electron chi connectivity index (χ4n) is 0.250. The maximum absolute atomic E-state index is 9.00. The van der Waals surface area contributed by atoms with E-state index in [-0.39, 0.29) is 0 Å². The van der Waals surface area contributed by atoms with E-state index in [1.165, 1.54) is 0 Å².